The lowest BCUT2D eigenvalue weighted by Gasteiger charge is -2.16. The summed E-state index contributed by atoms with van der Waals surface area (Å²) in [6, 6.07) is 18.3. The van der Waals surface area contributed by atoms with Crippen LogP contribution in [-0.2, 0) is 34.0 Å². The second-order valence-electron chi connectivity index (χ2n) is 6.66. The van der Waals surface area contributed by atoms with Gasteiger partial charge in [0, 0.05) is 26.8 Å². The van der Waals surface area contributed by atoms with Crippen molar-refractivity contribution >= 4 is 5.91 Å². The molecule has 0 aliphatic rings. The molecule has 0 radical (unpaired) electrons. The van der Waals surface area contributed by atoms with Gasteiger partial charge in [-0.05, 0) is 30.2 Å². The van der Waals surface area contributed by atoms with Crippen LogP contribution in [0.5, 0.6) is 0 Å². The van der Waals surface area contributed by atoms with Crippen molar-refractivity contribution in [2.45, 2.75) is 26.2 Å². The smallest absolute Gasteiger partial charge is 0.234 e. The Labute approximate surface area is 162 Å². The highest BCUT2D eigenvalue weighted by Crippen LogP contribution is 2.08. The van der Waals surface area contributed by atoms with E-state index in [2.05, 4.69) is 17.4 Å². The van der Waals surface area contributed by atoms with E-state index in [0.29, 0.717) is 32.9 Å². The lowest BCUT2D eigenvalue weighted by atomic mass is 10.1. The molecule has 2 aromatic carbocycles. The summed E-state index contributed by atoms with van der Waals surface area (Å²) in [5.74, 6) is 0.0326. The van der Waals surface area contributed by atoms with E-state index in [1.807, 2.05) is 54.4 Å². The molecule has 1 amide bonds. The van der Waals surface area contributed by atoms with Crippen molar-refractivity contribution in [3.63, 3.8) is 0 Å². The minimum absolute atomic E-state index is 0.0326. The first kappa shape index (κ1) is 21.1. The number of hydrogen-bond acceptors (Lipinski definition) is 4. The molecule has 146 valence electrons. The summed E-state index contributed by atoms with van der Waals surface area (Å²) in [4.78, 5) is 14.0. The minimum atomic E-state index is 0.0326. The summed E-state index contributed by atoms with van der Waals surface area (Å²) in [5, 5.41) is 2.96. The molecule has 1 N–H and O–H groups in total. The van der Waals surface area contributed by atoms with Crippen molar-refractivity contribution in [1.29, 1.82) is 0 Å². The van der Waals surface area contributed by atoms with Gasteiger partial charge >= 0.3 is 0 Å². The highest BCUT2D eigenvalue weighted by molar-refractivity contribution is 5.77. The summed E-state index contributed by atoms with van der Waals surface area (Å²) in [6.07, 6.45) is 0.925. The molecular weight excluding hydrogens is 340 g/mol. The molecule has 0 aliphatic heterocycles. The molecule has 0 fully saturated rings. The van der Waals surface area contributed by atoms with Crippen LogP contribution in [0.15, 0.2) is 54.6 Å². The van der Waals surface area contributed by atoms with Gasteiger partial charge in [-0.1, -0.05) is 54.6 Å². The molecule has 27 heavy (non-hydrogen) atoms. The fourth-order valence-corrected chi connectivity index (χ4v) is 2.67. The van der Waals surface area contributed by atoms with Crippen LogP contribution < -0.4 is 5.32 Å². The van der Waals surface area contributed by atoms with E-state index in [-0.39, 0.29) is 5.91 Å². The normalized spacial score (nSPS) is 10.9. The van der Waals surface area contributed by atoms with Gasteiger partial charge in [0.25, 0.3) is 0 Å². The van der Waals surface area contributed by atoms with Gasteiger partial charge in [0.2, 0.25) is 5.91 Å². The Morgan fingerprint density at radius 1 is 0.963 bits per heavy atom. The van der Waals surface area contributed by atoms with Gasteiger partial charge in [-0.3, -0.25) is 9.69 Å². The van der Waals surface area contributed by atoms with Crippen LogP contribution in [-0.4, -0.2) is 44.7 Å². The molecule has 0 unspecified atom stereocenters. The van der Waals surface area contributed by atoms with Crippen LogP contribution in [0.3, 0.4) is 0 Å². The van der Waals surface area contributed by atoms with E-state index < -0.39 is 0 Å². The highest BCUT2D eigenvalue weighted by Gasteiger charge is 2.06. The second kappa shape index (κ2) is 12.2. The number of rotatable bonds is 12. The number of amides is 1. The van der Waals surface area contributed by atoms with E-state index in [4.69, 9.17) is 9.47 Å². The lowest BCUT2D eigenvalue weighted by Crippen LogP contribution is -2.35. The summed E-state index contributed by atoms with van der Waals surface area (Å²) in [5.41, 5.74) is 3.38. The van der Waals surface area contributed by atoms with Crippen LogP contribution in [0.25, 0.3) is 0 Å². The Balaban J connectivity index is 1.65. The fourth-order valence-electron chi connectivity index (χ4n) is 2.67. The number of nitrogens with zero attached hydrogens (tertiary/aromatic N) is 1. The molecule has 0 aromatic heterocycles. The van der Waals surface area contributed by atoms with E-state index in [1.165, 1.54) is 5.56 Å². The zero-order chi connectivity index (χ0) is 19.3. The first-order valence-electron chi connectivity index (χ1n) is 9.31. The maximum Gasteiger partial charge on any atom is 0.234 e. The molecule has 0 saturated heterocycles. The molecule has 0 spiro atoms. The lowest BCUT2D eigenvalue weighted by molar-refractivity contribution is -0.122. The monoisotopic (exact) mass is 370 g/mol. The average Bonchev–Trinajstić information content (AvgIpc) is 2.68. The molecule has 0 saturated carbocycles. The largest absolute Gasteiger partial charge is 0.385 e. The fraction of sp³-hybridized carbons (Fsp3) is 0.409. The van der Waals surface area contributed by atoms with Crippen molar-refractivity contribution in [3.8, 4) is 0 Å². The van der Waals surface area contributed by atoms with Crippen LogP contribution in [0, 0.1) is 0 Å². The molecule has 0 bridgehead atoms. The van der Waals surface area contributed by atoms with Gasteiger partial charge in [-0.15, -0.1) is 0 Å². The van der Waals surface area contributed by atoms with E-state index in [0.717, 1.165) is 24.1 Å². The molecule has 2 aromatic rings. The quantitative estimate of drug-likeness (QED) is 0.584. The van der Waals surface area contributed by atoms with E-state index in [1.54, 1.807) is 7.11 Å². The van der Waals surface area contributed by atoms with Crippen molar-refractivity contribution in [2.24, 2.45) is 0 Å². The second-order valence-corrected chi connectivity index (χ2v) is 6.66. The predicted octanol–water partition coefficient (Wildman–Crippen LogP) is 2.99. The maximum atomic E-state index is 12.0. The number of ether oxygens (including phenoxy) is 2. The number of methoxy groups -OCH3 is 1. The van der Waals surface area contributed by atoms with Gasteiger partial charge in [0.05, 0.1) is 19.8 Å². The summed E-state index contributed by atoms with van der Waals surface area (Å²) >= 11 is 0. The number of nitrogens with one attached hydrogen (secondary N) is 1. The van der Waals surface area contributed by atoms with Gasteiger partial charge in [-0.2, -0.15) is 0 Å². The Bertz CT molecular complexity index is 659. The molecule has 0 aliphatic carbocycles. The number of likely N-dealkylation sites (N-methyl/N-ethyl adjacent to an activating group) is 1. The van der Waals surface area contributed by atoms with E-state index in [9.17, 15) is 4.79 Å². The highest BCUT2D eigenvalue weighted by atomic mass is 16.5. The molecular formula is C22H30N2O3. The minimum Gasteiger partial charge on any atom is -0.385 e. The number of carbonyl (C=O) groups is 1. The third-order valence-corrected chi connectivity index (χ3v) is 4.19. The zero-order valence-electron chi connectivity index (χ0n) is 16.3. The Hall–Kier alpha value is -2.21. The maximum absolute atomic E-state index is 12.0. The molecule has 5 heteroatoms. The summed E-state index contributed by atoms with van der Waals surface area (Å²) < 4.78 is 10.8. The summed E-state index contributed by atoms with van der Waals surface area (Å²) in [6.45, 7) is 3.68. The molecule has 0 heterocycles. The van der Waals surface area contributed by atoms with Gasteiger partial charge in [0.1, 0.15) is 0 Å². The average molecular weight is 370 g/mol. The Morgan fingerprint density at radius 2 is 1.59 bits per heavy atom. The third-order valence-electron chi connectivity index (χ3n) is 4.19. The van der Waals surface area contributed by atoms with Crippen molar-refractivity contribution in [2.75, 3.05) is 33.9 Å². The van der Waals surface area contributed by atoms with Crippen LogP contribution in [0.2, 0.25) is 0 Å². The SMILES string of the molecule is COCCCN(C)CC(=O)NCc1ccc(COCc2ccccc2)cc1. The van der Waals surface area contributed by atoms with Gasteiger partial charge in [-0.25, -0.2) is 0 Å². The molecule has 5 nitrogen and oxygen atoms in total. The van der Waals surface area contributed by atoms with Crippen LogP contribution >= 0.6 is 0 Å². The van der Waals surface area contributed by atoms with Gasteiger partial charge in [0.15, 0.2) is 0 Å². The van der Waals surface area contributed by atoms with Crippen molar-refractivity contribution in [3.05, 3.63) is 71.3 Å². The first-order valence-corrected chi connectivity index (χ1v) is 9.31. The van der Waals surface area contributed by atoms with Crippen molar-refractivity contribution < 1.29 is 14.3 Å². The standard InChI is InChI=1S/C22H30N2O3/c1-24(13-6-14-26-2)16-22(25)23-15-19-9-11-21(12-10-19)18-27-17-20-7-4-3-5-8-20/h3-5,7-12H,6,13-18H2,1-2H3,(H,23,25). The third kappa shape index (κ3) is 8.82. The van der Waals surface area contributed by atoms with Crippen molar-refractivity contribution in [1.82, 2.24) is 10.2 Å². The van der Waals surface area contributed by atoms with Gasteiger partial charge < -0.3 is 14.8 Å². The number of benzene rings is 2. The number of hydrogen-bond donors (Lipinski definition) is 1. The van der Waals surface area contributed by atoms with Crippen LogP contribution in [0.1, 0.15) is 23.1 Å². The first-order chi connectivity index (χ1) is 13.2. The predicted molar refractivity (Wildman–Crippen MR) is 107 cm³/mol. The molecule has 0 atom stereocenters. The number of carbonyl (C=O) groups excluding carboxylic acids is 1. The van der Waals surface area contributed by atoms with Crippen LogP contribution in [0.4, 0.5) is 0 Å². The zero-order valence-corrected chi connectivity index (χ0v) is 16.3. The van der Waals surface area contributed by atoms with E-state index >= 15 is 0 Å². The molecule has 2 rings (SSSR count). The Morgan fingerprint density at radius 3 is 2.26 bits per heavy atom. The summed E-state index contributed by atoms with van der Waals surface area (Å²) in [7, 11) is 3.63. The topological polar surface area (TPSA) is 50.8 Å². The Kier molecular flexibility index (Phi) is 9.55.